The fourth-order valence-electron chi connectivity index (χ4n) is 1.34. The first kappa shape index (κ1) is 8.81. The Hall–Kier alpha value is -1.77. The first-order valence-corrected chi connectivity index (χ1v) is 4.14. The molecule has 2 aromatic rings. The standard InChI is InChI=1S/C11H9O3/c1-7-3-4-10-8(5-7)9(6-14-10)11(12)13-2/h3-6H,1H2,2H3. The Balaban J connectivity index is 2.67. The van der Waals surface area contributed by atoms with Crippen molar-refractivity contribution in [2.24, 2.45) is 0 Å². The Kier molecular flexibility index (Phi) is 2.00. The Morgan fingerprint density at radius 3 is 3.00 bits per heavy atom. The molecule has 0 fully saturated rings. The molecular formula is C11H9O3. The molecule has 2 rings (SSSR count). The van der Waals surface area contributed by atoms with Crippen LogP contribution in [0.2, 0.25) is 0 Å². The van der Waals surface area contributed by atoms with Crippen molar-refractivity contribution in [1.82, 2.24) is 0 Å². The van der Waals surface area contributed by atoms with Crippen LogP contribution in [0.25, 0.3) is 11.0 Å². The molecular weight excluding hydrogens is 180 g/mol. The summed E-state index contributed by atoms with van der Waals surface area (Å²) < 4.78 is 9.82. The molecule has 0 unspecified atom stereocenters. The van der Waals surface area contributed by atoms with E-state index in [9.17, 15) is 4.79 Å². The fourth-order valence-corrected chi connectivity index (χ4v) is 1.34. The third kappa shape index (κ3) is 1.27. The SMILES string of the molecule is [CH2]c1ccc2occ(C(=O)OC)c2c1. The number of ether oxygens (including phenoxy) is 1. The van der Waals surface area contributed by atoms with E-state index in [2.05, 4.69) is 11.7 Å². The summed E-state index contributed by atoms with van der Waals surface area (Å²) in [5.41, 5.74) is 1.94. The third-order valence-electron chi connectivity index (χ3n) is 2.04. The van der Waals surface area contributed by atoms with Crippen LogP contribution in [0.1, 0.15) is 15.9 Å². The number of furan rings is 1. The number of methoxy groups -OCH3 is 1. The maximum absolute atomic E-state index is 11.3. The molecule has 0 atom stereocenters. The van der Waals surface area contributed by atoms with E-state index in [-0.39, 0.29) is 0 Å². The summed E-state index contributed by atoms with van der Waals surface area (Å²) in [4.78, 5) is 11.3. The van der Waals surface area contributed by atoms with Gasteiger partial charge in [-0.1, -0.05) is 6.07 Å². The van der Waals surface area contributed by atoms with Crippen molar-refractivity contribution in [3.63, 3.8) is 0 Å². The molecule has 1 aromatic carbocycles. The minimum atomic E-state index is -0.394. The van der Waals surface area contributed by atoms with Crippen molar-refractivity contribution < 1.29 is 13.9 Å². The molecule has 0 spiro atoms. The Bertz CT molecular complexity index is 482. The number of fused-ring (bicyclic) bond motifs is 1. The van der Waals surface area contributed by atoms with Gasteiger partial charge in [0.1, 0.15) is 17.4 Å². The van der Waals surface area contributed by atoms with E-state index in [0.29, 0.717) is 11.1 Å². The summed E-state index contributed by atoms with van der Waals surface area (Å²) in [6.07, 6.45) is 1.40. The maximum Gasteiger partial charge on any atom is 0.341 e. The monoisotopic (exact) mass is 189 g/mol. The van der Waals surface area contributed by atoms with Crippen LogP contribution in [-0.2, 0) is 4.74 Å². The normalized spacial score (nSPS) is 10.4. The lowest BCUT2D eigenvalue weighted by molar-refractivity contribution is 0.0602. The molecule has 1 aromatic heterocycles. The van der Waals surface area contributed by atoms with Gasteiger partial charge in [-0.25, -0.2) is 4.79 Å². The molecule has 0 amide bonds. The molecule has 14 heavy (non-hydrogen) atoms. The van der Waals surface area contributed by atoms with Crippen molar-refractivity contribution in [2.45, 2.75) is 0 Å². The molecule has 1 heterocycles. The molecule has 3 nitrogen and oxygen atoms in total. The first-order valence-electron chi connectivity index (χ1n) is 4.14. The highest BCUT2D eigenvalue weighted by Crippen LogP contribution is 2.22. The van der Waals surface area contributed by atoms with Gasteiger partial charge in [-0.2, -0.15) is 0 Å². The predicted molar refractivity (Wildman–Crippen MR) is 52.0 cm³/mol. The Labute approximate surface area is 81.3 Å². The van der Waals surface area contributed by atoms with Crippen LogP contribution in [0.3, 0.4) is 0 Å². The zero-order valence-corrected chi connectivity index (χ0v) is 7.74. The second-order valence-corrected chi connectivity index (χ2v) is 2.97. The highest BCUT2D eigenvalue weighted by Gasteiger charge is 2.13. The van der Waals surface area contributed by atoms with Gasteiger partial charge in [0.2, 0.25) is 0 Å². The van der Waals surface area contributed by atoms with Crippen molar-refractivity contribution in [2.75, 3.05) is 7.11 Å². The quantitative estimate of drug-likeness (QED) is 0.646. The van der Waals surface area contributed by atoms with Gasteiger partial charge in [0.15, 0.2) is 0 Å². The number of rotatable bonds is 1. The van der Waals surface area contributed by atoms with Crippen LogP contribution >= 0.6 is 0 Å². The van der Waals surface area contributed by atoms with Crippen molar-refractivity contribution in [3.8, 4) is 0 Å². The van der Waals surface area contributed by atoms with Gasteiger partial charge in [-0.15, -0.1) is 0 Å². The first-order chi connectivity index (χ1) is 6.72. The minimum Gasteiger partial charge on any atom is -0.465 e. The van der Waals surface area contributed by atoms with Gasteiger partial charge in [-0.05, 0) is 24.6 Å². The maximum atomic E-state index is 11.3. The van der Waals surface area contributed by atoms with E-state index in [0.717, 1.165) is 10.9 Å². The van der Waals surface area contributed by atoms with Gasteiger partial charge in [0, 0.05) is 5.39 Å². The molecule has 0 aliphatic heterocycles. The smallest absolute Gasteiger partial charge is 0.341 e. The minimum absolute atomic E-state index is 0.394. The topological polar surface area (TPSA) is 39.4 Å². The van der Waals surface area contributed by atoms with Gasteiger partial charge >= 0.3 is 5.97 Å². The summed E-state index contributed by atoms with van der Waals surface area (Å²) in [6, 6.07) is 5.40. The molecule has 0 N–H and O–H groups in total. The molecule has 0 aliphatic carbocycles. The summed E-state index contributed by atoms with van der Waals surface area (Å²) in [6.45, 7) is 3.78. The summed E-state index contributed by atoms with van der Waals surface area (Å²) in [7, 11) is 1.34. The zero-order valence-electron chi connectivity index (χ0n) is 7.74. The zero-order chi connectivity index (χ0) is 10.1. The van der Waals surface area contributed by atoms with E-state index < -0.39 is 5.97 Å². The number of hydrogen-bond acceptors (Lipinski definition) is 3. The molecule has 0 aliphatic rings. The van der Waals surface area contributed by atoms with Crippen LogP contribution < -0.4 is 0 Å². The Morgan fingerprint density at radius 1 is 1.50 bits per heavy atom. The Morgan fingerprint density at radius 2 is 2.29 bits per heavy atom. The molecule has 1 radical (unpaired) electrons. The van der Waals surface area contributed by atoms with E-state index in [1.165, 1.54) is 13.4 Å². The van der Waals surface area contributed by atoms with Gasteiger partial charge < -0.3 is 9.15 Å². The summed E-state index contributed by atoms with van der Waals surface area (Å²) >= 11 is 0. The van der Waals surface area contributed by atoms with Crippen LogP contribution in [0, 0.1) is 6.92 Å². The summed E-state index contributed by atoms with van der Waals surface area (Å²) in [5.74, 6) is -0.394. The molecule has 71 valence electrons. The van der Waals surface area contributed by atoms with Crippen LogP contribution in [0.5, 0.6) is 0 Å². The highest BCUT2D eigenvalue weighted by molar-refractivity contribution is 6.03. The molecule has 3 heteroatoms. The third-order valence-corrected chi connectivity index (χ3v) is 2.04. The second kappa shape index (κ2) is 3.18. The lowest BCUT2D eigenvalue weighted by Gasteiger charge is -1.95. The van der Waals surface area contributed by atoms with Crippen LogP contribution in [0.15, 0.2) is 28.9 Å². The van der Waals surface area contributed by atoms with E-state index in [1.807, 2.05) is 6.07 Å². The second-order valence-electron chi connectivity index (χ2n) is 2.97. The fraction of sp³-hybridized carbons (Fsp3) is 0.0909. The predicted octanol–water partition coefficient (Wildman–Crippen LogP) is 2.40. The molecule has 0 saturated carbocycles. The van der Waals surface area contributed by atoms with Gasteiger partial charge in [-0.3, -0.25) is 0 Å². The summed E-state index contributed by atoms with van der Waals surface area (Å²) in [5, 5.41) is 0.740. The molecule has 0 saturated heterocycles. The van der Waals surface area contributed by atoms with Crippen molar-refractivity contribution in [1.29, 1.82) is 0 Å². The highest BCUT2D eigenvalue weighted by atomic mass is 16.5. The van der Waals surface area contributed by atoms with E-state index in [4.69, 9.17) is 4.42 Å². The van der Waals surface area contributed by atoms with Crippen LogP contribution in [-0.4, -0.2) is 13.1 Å². The average Bonchev–Trinajstić information content (AvgIpc) is 2.59. The van der Waals surface area contributed by atoms with Crippen molar-refractivity contribution >= 4 is 16.9 Å². The van der Waals surface area contributed by atoms with Gasteiger partial charge in [0.05, 0.1) is 7.11 Å². The lowest BCUT2D eigenvalue weighted by Crippen LogP contribution is -1.99. The van der Waals surface area contributed by atoms with Crippen molar-refractivity contribution in [3.05, 3.63) is 42.5 Å². The number of carbonyl (C=O) groups is 1. The molecule has 0 bridgehead atoms. The number of esters is 1. The number of hydrogen-bond donors (Lipinski definition) is 0. The number of carbonyl (C=O) groups excluding carboxylic acids is 1. The number of benzene rings is 1. The van der Waals surface area contributed by atoms with Crippen LogP contribution in [0.4, 0.5) is 0 Å². The van der Waals surface area contributed by atoms with Gasteiger partial charge in [0.25, 0.3) is 0 Å². The van der Waals surface area contributed by atoms with E-state index >= 15 is 0 Å². The average molecular weight is 189 g/mol. The largest absolute Gasteiger partial charge is 0.465 e. The lowest BCUT2D eigenvalue weighted by atomic mass is 10.1. The van der Waals surface area contributed by atoms with E-state index in [1.54, 1.807) is 12.1 Å².